The van der Waals surface area contributed by atoms with Crippen LogP contribution in [0.5, 0.6) is 0 Å². The minimum absolute atomic E-state index is 0.326. The summed E-state index contributed by atoms with van der Waals surface area (Å²) in [5, 5.41) is 3.87. The summed E-state index contributed by atoms with van der Waals surface area (Å²) in [6.45, 7) is 16.2. The molecule has 124 valence electrons. The first-order valence-electron chi connectivity index (χ1n) is 9.15. The van der Waals surface area contributed by atoms with Gasteiger partial charge in [-0.05, 0) is 37.5 Å². The van der Waals surface area contributed by atoms with Crippen molar-refractivity contribution in [2.75, 3.05) is 26.2 Å². The van der Waals surface area contributed by atoms with Crippen molar-refractivity contribution in [3.8, 4) is 0 Å². The lowest BCUT2D eigenvalue weighted by Gasteiger charge is -2.49. The Hall–Kier alpha value is -0.120. The molecule has 1 N–H and O–H groups in total. The molecule has 3 atom stereocenters. The van der Waals surface area contributed by atoms with Gasteiger partial charge < -0.3 is 10.1 Å². The summed E-state index contributed by atoms with van der Waals surface area (Å²) in [4.78, 5) is 2.79. The molecule has 3 nitrogen and oxygen atoms in total. The van der Waals surface area contributed by atoms with Gasteiger partial charge in [0.2, 0.25) is 0 Å². The van der Waals surface area contributed by atoms with Gasteiger partial charge >= 0.3 is 0 Å². The zero-order valence-electron chi connectivity index (χ0n) is 14.8. The van der Waals surface area contributed by atoms with Crippen molar-refractivity contribution in [1.29, 1.82) is 0 Å². The molecule has 0 aliphatic carbocycles. The number of hydrogen-bond acceptors (Lipinski definition) is 3. The van der Waals surface area contributed by atoms with E-state index >= 15 is 0 Å². The van der Waals surface area contributed by atoms with Crippen molar-refractivity contribution in [1.82, 2.24) is 10.2 Å². The van der Waals surface area contributed by atoms with E-state index in [1.807, 2.05) is 0 Å². The Morgan fingerprint density at radius 1 is 1.24 bits per heavy atom. The standard InChI is InChI=1S/C18H36N2O/c1-6-17-15(9-10-21-17)12-20-13-18(7-2,8-3)19-11-16(20)14(4)5/h14-17,19H,6-13H2,1-5H3. The lowest BCUT2D eigenvalue weighted by Crippen LogP contribution is -2.65. The fourth-order valence-corrected chi connectivity index (χ4v) is 4.25. The molecule has 0 aromatic heterocycles. The van der Waals surface area contributed by atoms with Gasteiger partial charge in [0.1, 0.15) is 0 Å². The zero-order chi connectivity index (χ0) is 15.5. The Labute approximate surface area is 131 Å². The van der Waals surface area contributed by atoms with Crippen LogP contribution in [0, 0.1) is 11.8 Å². The summed E-state index contributed by atoms with van der Waals surface area (Å²) in [7, 11) is 0. The van der Waals surface area contributed by atoms with E-state index < -0.39 is 0 Å². The van der Waals surface area contributed by atoms with Crippen LogP contribution in [-0.2, 0) is 4.74 Å². The molecular formula is C18H36N2O. The summed E-state index contributed by atoms with van der Waals surface area (Å²) < 4.78 is 5.91. The Bertz CT molecular complexity index is 314. The molecule has 0 radical (unpaired) electrons. The third-order valence-electron chi connectivity index (χ3n) is 6.00. The third kappa shape index (κ3) is 3.80. The molecule has 2 heterocycles. The van der Waals surface area contributed by atoms with Crippen LogP contribution in [0.1, 0.15) is 60.3 Å². The highest BCUT2D eigenvalue weighted by Gasteiger charge is 2.40. The maximum Gasteiger partial charge on any atom is 0.0613 e. The quantitative estimate of drug-likeness (QED) is 0.814. The van der Waals surface area contributed by atoms with Crippen molar-refractivity contribution in [2.45, 2.75) is 78.0 Å². The van der Waals surface area contributed by atoms with Crippen LogP contribution in [0.4, 0.5) is 0 Å². The van der Waals surface area contributed by atoms with Gasteiger partial charge in [-0.25, -0.2) is 0 Å². The highest BCUT2D eigenvalue weighted by atomic mass is 16.5. The molecule has 21 heavy (non-hydrogen) atoms. The van der Waals surface area contributed by atoms with E-state index in [1.165, 1.54) is 32.4 Å². The number of ether oxygens (including phenoxy) is 1. The van der Waals surface area contributed by atoms with Crippen LogP contribution in [0.2, 0.25) is 0 Å². The van der Waals surface area contributed by atoms with E-state index in [-0.39, 0.29) is 0 Å². The van der Waals surface area contributed by atoms with Gasteiger partial charge in [-0.3, -0.25) is 4.90 Å². The summed E-state index contributed by atoms with van der Waals surface area (Å²) in [5.41, 5.74) is 0.326. The van der Waals surface area contributed by atoms with Crippen LogP contribution < -0.4 is 5.32 Å². The minimum Gasteiger partial charge on any atom is -0.378 e. The number of nitrogens with zero attached hydrogens (tertiary/aromatic N) is 1. The van der Waals surface area contributed by atoms with E-state index in [0.717, 1.165) is 25.5 Å². The van der Waals surface area contributed by atoms with Crippen molar-refractivity contribution in [2.24, 2.45) is 11.8 Å². The maximum absolute atomic E-state index is 5.91. The smallest absolute Gasteiger partial charge is 0.0613 e. The molecule has 2 rings (SSSR count). The van der Waals surface area contributed by atoms with Gasteiger partial charge in [-0.1, -0.05) is 34.6 Å². The molecule has 0 spiro atoms. The second kappa shape index (κ2) is 7.43. The zero-order valence-corrected chi connectivity index (χ0v) is 14.8. The molecule has 2 aliphatic heterocycles. The predicted molar refractivity (Wildman–Crippen MR) is 89.7 cm³/mol. The molecule has 3 unspecified atom stereocenters. The largest absolute Gasteiger partial charge is 0.378 e. The highest BCUT2D eigenvalue weighted by Crippen LogP contribution is 2.30. The molecule has 0 aromatic rings. The average Bonchev–Trinajstić information content (AvgIpc) is 2.94. The van der Waals surface area contributed by atoms with Crippen LogP contribution in [0.3, 0.4) is 0 Å². The summed E-state index contributed by atoms with van der Waals surface area (Å²) >= 11 is 0. The monoisotopic (exact) mass is 296 g/mol. The van der Waals surface area contributed by atoms with Gasteiger partial charge in [0.25, 0.3) is 0 Å². The molecule has 0 saturated carbocycles. The van der Waals surface area contributed by atoms with Crippen molar-refractivity contribution in [3.63, 3.8) is 0 Å². The van der Waals surface area contributed by atoms with Gasteiger partial charge in [0.05, 0.1) is 6.10 Å². The molecule has 0 bridgehead atoms. The molecule has 2 saturated heterocycles. The van der Waals surface area contributed by atoms with Gasteiger partial charge in [-0.2, -0.15) is 0 Å². The second-order valence-corrected chi connectivity index (χ2v) is 7.48. The summed E-state index contributed by atoms with van der Waals surface area (Å²) in [5.74, 6) is 1.45. The first kappa shape index (κ1) is 17.2. The topological polar surface area (TPSA) is 24.5 Å². The van der Waals surface area contributed by atoms with Crippen molar-refractivity contribution in [3.05, 3.63) is 0 Å². The number of nitrogens with one attached hydrogen (secondary N) is 1. The minimum atomic E-state index is 0.326. The fraction of sp³-hybridized carbons (Fsp3) is 1.00. The second-order valence-electron chi connectivity index (χ2n) is 7.48. The van der Waals surface area contributed by atoms with Crippen LogP contribution in [0.25, 0.3) is 0 Å². The van der Waals surface area contributed by atoms with E-state index in [0.29, 0.717) is 23.6 Å². The Kier molecular flexibility index (Phi) is 6.10. The summed E-state index contributed by atoms with van der Waals surface area (Å²) in [6.07, 6.45) is 5.35. The molecule has 2 aliphatic rings. The third-order valence-corrected chi connectivity index (χ3v) is 6.00. The Morgan fingerprint density at radius 2 is 1.95 bits per heavy atom. The fourth-order valence-electron chi connectivity index (χ4n) is 4.25. The number of piperazine rings is 1. The first-order valence-corrected chi connectivity index (χ1v) is 9.15. The van der Waals surface area contributed by atoms with Gasteiger partial charge in [0.15, 0.2) is 0 Å². The van der Waals surface area contributed by atoms with E-state index in [4.69, 9.17) is 4.74 Å². The van der Waals surface area contributed by atoms with E-state index in [2.05, 4.69) is 44.8 Å². The first-order chi connectivity index (χ1) is 10.0. The Morgan fingerprint density at radius 3 is 2.52 bits per heavy atom. The van der Waals surface area contributed by atoms with Crippen LogP contribution in [-0.4, -0.2) is 48.8 Å². The molecule has 0 amide bonds. The number of hydrogen-bond donors (Lipinski definition) is 1. The SMILES string of the molecule is CCC1OCCC1CN1CC(CC)(CC)NCC1C(C)C. The number of rotatable bonds is 6. The van der Waals surface area contributed by atoms with Crippen LogP contribution in [0.15, 0.2) is 0 Å². The maximum atomic E-state index is 5.91. The molecular weight excluding hydrogens is 260 g/mol. The van der Waals surface area contributed by atoms with Gasteiger partial charge in [0, 0.05) is 37.8 Å². The lowest BCUT2D eigenvalue weighted by molar-refractivity contribution is 0.0200. The molecule has 3 heteroatoms. The summed E-state index contributed by atoms with van der Waals surface area (Å²) in [6, 6.07) is 0.675. The lowest BCUT2D eigenvalue weighted by atomic mass is 9.85. The van der Waals surface area contributed by atoms with E-state index in [1.54, 1.807) is 0 Å². The highest BCUT2D eigenvalue weighted by molar-refractivity contribution is 4.98. The molecule has 0 aromatic carbocycles. The van der Waals surface area contributed by atoms with E-state index in [9.17, 15) is 0 Å². The Balaban J connectivity index is 2.07. The molecule has 2 fully saturated rings. The normalized spacial score (nSPS) is 33.7. The van der Waals surface area contributed by atoms with Crippen molar-refractivity contribution >= 4 is 0 Å². The van der Waals surface area contributed by atoms with Gasteiger partial charge in [-0.15, -0.1) is 0 Å². The average molecular weight is 296 g/mol. The van der Waals surface area contributed by atoms with Crippen LogP contribution >= 0.6 is 0 Å². The predicted octanol–water partition coefficient (Wildman–Crippen LogP) is 3.29. The van der Waals surface area contributed by atoms with Crippen molar-refractivity contribution < 1.29 is 4.74 Å².